The summed E-state index contributed by atoms with van der Waals surface area (Å²) >= 11 is 0. The number of hydrogen-bond acceptors (Lipinski definition) is 4. The molecular weight excluding hydrogens is 332 g/mol. The molecule has 0 spiro atoms. The summed E-state index contributed by atoms with van der Waals surface area (Å²) in [6, 6.07) is 7.23. The van der Waals surface area contributed by atoms with Crippen LogP contribution in [0, 0.1) is 13.8 Å². The minimum absolute atomic E-state index is 0.0494. The Hall–Kier alpha value is -2.76. The average Bonchev–Trinajstić information content (AvgIpc) is 3.04. The molecule has 1 saturated heterocycles. The number of hydrogen-bond donors (Lipinski definition) is 0. The van der Waals surface area contributed by atoms with Crippen molar-refractivity contribution in [3.63, 3.8) is 0 Å². The molecule has 6 nitrogen and oxygen atoms in total. The van der Waals surface area contributed by atoms with Gasteiger partial charge in [-0.1, -0.05) is 6.07 Å². The van der Waals surface area contributed by atoms with Crippen molar-refractivity contribution < 1.29 is 18.7 Å². The third-order valence-corrected chi connectivity index (χ3v) is 4.68. The van der Waals surface area contributed by atoms with E-state index >= 15 is 0 Å². The molecule has 1 aromatic heterocycles. The van der Waals surface area contributed by atoms with E-state index in [1.54, 1.807) is 29.0 Å². The number of furan rings is 1. The second-order valence-electron chi connectivity index (χ2n) is 6.57. The quantitative estimate of drug-likeness (QED) is 0.848. The molecule has 2 aromatic rings. The fourth-order valence-electron chi connectivity index (χ4n) is 3.40. The van der Waals surface area contributed by atoms with Gasteiger partial charge in [0.15, 0.2) is 5.76 Å². The van der Waals surface area contributed by atoms with E-state index in [-0.39, 0.29) is 11.8 Å². The van der Waals surface area contributed by atoms with Gasteiger partial charge in [-0.2, -0.15) is 0 Å². The van der Waals surface area contributed by atoms with Gasteiger partial charge in [0.1, 0.15) is 5.75 Å². The molecule has 1 fully saturated rings. The predicted octanol–water partition coefficient (Wildman–Crippen LogP) is 2.89. The zero-order valence-corrected chi connectivity index (χ0v) is 15.4. The van der Waals surface area contributed by atoms with Gasteiger partial charge in [-0.15, -0.1) is 0 Å². The maximum absolute atomic E-state index is 13.1. The molecule has 0 bridgehead atoms. The third-order valence-electron chi connectivity index (χ3n) is 4.68. The Morgan fingerprint density at radius 3 is 2.35 bits per heavy atom. The van der Waals surface area contributed by atoms with Crippen molar-refractivity contribution in [1.82, 2.24) is 9.80 Å². The fraction of sp³-hybridized carbons (Fsp3) is 0.400. The molecule has 138 valence electrons. The number of methoxy groups -OCH3 is 1. The number of carbonyl (C=O) groups excluding carboxylic acids is 2. The second kappa shape index (κ2) is 7.64. The molecule has 0 unspecified atom stereocenters. The topological polar surface area (TPSA) is 63.0 Å². The average molecular weight is 356 g/mol. The summed E-state index contributed by atoms with van der Waals surface area (Å²) in [5, 5.41) is 0. The Morgan fingerprint density at radius 1 is 1.04 bits per heavy atom. The van der Waals surface area contributed by atoms with E-state index in [1.807, 2.05) is 26.0 Å². The van der Waals surface area contributed by atoms with Crippen molar-refractivity contribution in [2.75, 3.05) is 33.3 Å². The van der Waals surface area contributed by atoms with Crippen molar-refractivity contribution in [1.29, 1.82) is 0 Å². The maximum Gasteiger partial charge on any atom is 0.289 e. The number of benzene rings is 1. The van der Waals surface area contributed by atoms with E-state index < -0.39 is 0 Å². The Kier molecular flexibility index (Phi) is 5.30. The Bertz CT molecular complexity index is 798. The summed E-state index contributed by atoms with van der Waals surface area (Å²) in [5.74, 6) is 0.751. The van der Waals surface area contributed by atoms with Crippen molar-refractivity contribution >= 4 is 11.8 Å². The first-order valence-electron chi connectivity index (χ1n) is 8.78. The van der Waals surface area contributed by atoms with Gasteiger partial charge < -0.3 is 19.0 Å². The molecule has 26 heavy (non-hydrogen) atoms. The number of ether oxygens (including phenoxy) is 1. The summed E-state index contributed by atoms with van der Waals surface area (Å²) in [6.07, 6.45) is 2.22. The lowest BCUT2D eigenvalue weighted by molar-refractivity contribution is 0.0698. The van der Waals surface area contributed by atoms with E-state index in [4.69, 9.17) is 9.15 Å². The normalized spacial score (nSPS) is 14.9. The van der Waals surface area contributed by atoms with Crippen LogP contribution in [0.1, 0.15) is 38.5 Å². The standard InChI is InChI=1S/C20H24N2O4/c1-14-12-15(2)18(17(13-14)25-3)20(24)22-8-5-7-21(9-10-22)19(23)16-6-4-11-26-16/h4,6,11-13H,5,7-10H2,1-3H3. The van der Waals surface area contributed by atoms with Crippen LogP contribution in [0.3, 0.4) is 0 Å². The molecule has 0 radical (unpaired) electrons. The second-order valence-corrected chi connectivity index (χ2v) is 6.57. The molecule has 2 amide bonds. The third kappa shape index (κ3) is 3.59. The molecule has 1 aromatic carbocycles. The monoisotopic (exact) mass is 356 g/mol. The van der Waals surface area contributed by atoms with Gasteiger partial charge in [-0.3, -0.25) is 9.59 Å². The minimum Gasteiger partial charge on any atom is -0.496 e. The van der Waals surface area contributed by atoms with Crippen LogP contribution in [0.5, 0.6) is 5.75 Å². The van der Waals surface area contributed by atoms with E-state index in [2.05, 4.69) is 0 Å². The molecule has 0 N–H and O–H groups in total. The Balaban J connectivity index is 1.75. The summed E-state index contributed by atoms with van der Waals surface area (Å²) < 4.78 is 10.6. The van der Waals surface area contributed by atoms with E-state index in [9.17, 15) is 9.59 Å². The smallest absolute Gasteiger partial charge is 0.289 e. The van der Waals surface area contributed by atoms with Gasteiger partial charge in [0.25, 0.3) is 11.8 Å². The van der Waals surface area contributed by atoms with E-state index in [0.717, 1.165) is 17.5 Å². The van der Waals surface area contributed by atoms with Crippen molar-refractivity contribution in [2.24, 2.45) is 0 Å². The van der Waals surface area contributed by atoms with Crippen LogP contribution >= 0.6 is 0 Å². The van der Waals surface area contributed by atoms with E-state index in [0.29, 0.717) is 43.3 Å². The van der Waals surface area contributed by atoms with E-state index in [1.165, 1.54) is 6.26 Å². The van der Waals surface area contributed by atoms with Crippen LogP contribution in [-0.2, 0) is 0 Å². The lowest BCUT2D eigenvalue weighted by Crippen LogP contribution is -2.37. The molecule has 6 heteroatoms. The first-order chi connectivity index (χ1) is 12.5. The highest BCUT2D eigenvalue weighted by atomic mass is 16.5. The number of aryl methyl sites for hydroxylation is 2. The van der Waals surface area contributed by atoms with Crippen LogP contribution in [-0.4, -0.2) is 54.9 Å². The predicted molar refractivity (Wildman–Crippen MR) is 97.6 cm³/mol. The zero-order valence-electron chi connectivity index (χ0n) is 15.4. The summed E-state index contributed by atoms with van der Waals surface area (Å²) in [5.41, 5.74) is 2.56. The van der Waals surface area contributed by atoms with Crippen LogP contribution < -0.4 is 4.74 Å². The zero-order chi connectivity index (χ0) is 18.7. The highest BCUT2D eigenvalue weighted by Crippen LogP contribution is 2.26. The maximum atomic E-state index is 13.1. The van der Waals surface area contributed by atoms with Gasteiger partial charge in [0.2, 0.25) is 0 Å². The molecule has 2 heterocycles. The van der Waals surface area contributed by atoms with Crippen molar-refractivity contribution in [3.8, 4) is 5.75 Å². The number of nitrogens with zero attached hydrogens (tertiary/aromatic N) is 2. The molecule has 0 aliphatic carbocycles. The van der Waals surface area contributed by atoms with Gasteiger partial charge in [-0.25, -0.2) is 0 Å². The van der Waals surface area contributed by atoms with Crippen molar-refractivity contribution in [2.45, 2.75) is 20.3 Å². The Labute approximate surface area is 153 Å². The number of rotatable bonds is 3. The largest absolute Gasteiger partial charge is 0.496 e. The van der Waals surface area contributed by atoms with Crippen molar-refractivity contribution in [3.05, 3.63) is 53.0 Å². The van der Waals surface area contributed by atoms with Crippen LogP contribution in [0.25, 0.3) is 0 Å². The Morgan fingerprint density at radius 2 is 1.73 bits per heavy atom. The van der Waals surface area contributed by atoms with Crippen LogP contribution in [0.15, 0.2) is 34.9 Å². The minimum atomic E-state index is -0.131. The number of amides is 2. The summed E-state index contributed by atoms with van der Waals surface area (Å²) in [7, 11) is 1.58. The molecular formula is C20H24N2O4. The van der Waals surface area contributed by atoms with Gasteiger partial charge in [0.05, 0.1) is 18.9 Å². The van der Waals surface area contributed by atoms with Gasteiger partial charge in [-0.05, 0) is 49.6 Å². The highest BCUT2D eigenvalue weighted by molar-refractivity contribution is 5.98. The SMILES string of the molecule is COc1cc(C)cc(C)c1C(=O)N1CCCN(C(=O)c2ccco2)CC1. The van der Waals surface area contributed by atoms with Crippen LogP contribution in [0.2, 0.25) is 0 Å². The lowest BCUT2D eigenvalue weighted by Gasteiger charge is -2.23. The summed E-state index contributed by atoms with van der Waals surface area (Å²) in [6.45, 7) is 6.09. The number of carbonyl (C=O) groups is 2. The first-order valence-corrected chi connectivity index (χ1v) is 8.78. The first kappa shape index (κ1) is 18.0. The fourth-order valence-corrected chi connectivity index (χ4v) is 3.40. The van der Waals surface area contributed by atoms with Gasteiger partial charge >= 0.3 is 0 Å². The molecule has 0 atom stereocenters. The highest BCUT2D eigenvalue weighted by Gasteiger charge is 2.27. The van der Waals surface area contributed by atoms with Gasteiger partial charge in [0, 0.05) is 26.2 Å². The van der Waals surface area contributed by atoms with Crippen LogP contribution in [0.4, 0.5) is 0 Å². The lowest BCUT2D eigenvalue weighted by atomic mass is 10.0. The molecule has 0 saturated carbocycles. The molecule has 1 aliphatic rings. The summed E-state index contributed by atoms with van der Waals surface area (Å²) in [4.78, 5) is 29.1. The molecule has 3 rings (SSSR count). The molecule has 1 aliphatic heterocycles.